The summed E-state index contributed by atoms with van der Waals surface area (Å²) in [7, 11) is 0. The average Bonchev–Trinajstić information content (AvgIpc) is 3.68. The van der Waals surface area contributed by atoms with E-state index in [0.29, 0.717) is 33.8 Å². The summed E-state index contributed by atoms with van der Waals surface area (Å²) in [5.74, 6) is -0.774. The number of carbonyl (C=O) groups excluding carboxylic acids is 2. The Morgan fingerprint density at radius 2 is 1.08 bits per heavy atom. The van der Waals surface area contributed by atoms with E-state index < -0.39 is 5.91 Å². The predicted octanol–water partition coefficient (Wildman–Crippen LogP) is 11.0. The normalized spacial score (nSPS) is 12.2. The van der Waals surface area contributed by atoms with Crippen molar-refractivity contribution in [3.63, 3.8) is 0 Å². The quantitative estimate of drug-likeness (QED) is 0.136. The van der Waals surface area contributed by atoms with Gasteiger partial charge in [0.15, 0.2) is 5.69 Å². The Morgan fingerprint density at radius 1 is 0.519 bits per heavy atom. The van der Waals surface area contributed by atoms with E-state index in [1.165, 1.54) is 4.90 Å². The molecule has 9 rings (SSSR count). The second-order valence-electron chi connectivity index (χ2n) is 12.6. The molecule has 0 spiro atoms. The zero-order valence-corrected chi connectivity index (χ0v) is 27.6. The van der Waals surface area contributed by atoms with Crippen LogP contribution in [-0.2, 0) is 0 Å². The Balaban J connectivity index is 1.33. The van der Waals surface area contributed by atoms with Crippen LogP contribution < -0.4 is 4.90 Å². The topological polar surface area (TPSA) is 70.5 Å². The molecule has 1 aliphatic heterocycles. The maximum atomic E-state index is 14.7. The lowest BCUT2D eigenvalue weighted by Crippen LogP contribution is -2.30. The van der Waals surface area contributed by atoms with Crippen molar-refractivity contribution in [1.29, 1.82) is 5.26 Å². The van der Waals surface area contributed by atoms with Crippen LogP contribution in [0.5, 0.6) is 0 Å². The molecule has 242 valence electrons. The van der Waals surface area contributed by atoms with E-state index in [9.17, 15) is 14.9 Å². The number of carbonyl (C=O) groups is 2. The van der Waals surface area contributed by atoms with E-state index in [2.05, 4.69) is 15.5 Å². The Hall–Kier alpha value is -7.54. The van der Waals surface area contributed by atoms with Crippen LogP contribution in [-0.4, -0.2) is 16.4 Å². The van der Waals surface area contributed by atoms with Crippen LogP contribution in [0.4, 0.5) is 11.4 Å². The highest BCUT2D eigenvalue weighted by molar-refractivity contribution is 6.36. The Kier molecular flexibility index (Phi) is 7.10. The van der Waals surface area contributed by atoms with Gasteiger partial charge in [0.05, 0.1) is 51.7 Å². The van der Waals surface area contributed by atoms with Gasteiger partial charge in [0.1, 0.15) is 0 Å². The third kappa shape index (κ3) is 4.64. The van der Waals surface area contributed by atoms with E-state index in [4.69, 9.17) is 6.57 Å². The Labute approximate surface area is 299 Å². The first-order valence-electron chi connectivity index (χ1n) is 16.8. The van der Waals surface area contributed by atoms with Gasteiger partial charge >= 0.3 is 0 Å². The van der Waals surface area contributed by atoms with Gasteiger partial charge in [0, 0.05) is 16.3 Å². The molecule has 1 aromatic heterocycles. The number of para-hydroxylation sites is 1. The molecule has 0 bridgehead atoms. The van der Waals surface area contributed by atoms with Gasteiger partial charge in [-0.25, -0.2) is 9.74 Å². The number of hydrogen-bond acceptors (Lipinski definition) is 3. The number of benzene rings is 7. The minimum atomic E-state index is -0.396. The molecule has 8 aromatic rings. The minimum absolute atomic E-state index is 0.325. The summed E-state index contributed by atoms with van der Waals surface area (Å²) >= 11 is 0. The number of imide groups is 1. The van der Waals surface area contributed by atoms with Crippen molar-refractivity contribution in [1.82, 2.24) is 4.57 Å². The van der Waals surface area contributed by atoms with E-state index >= 15 is 0 Å². The zero-order valence-electron chi connectivity index (χ0n) is 27.6. The van der Waals surface area contributed by atoms with Gasteiger partial charge in [-0.15, -0.1) is 0 Å². The molecule has 7 aromatic carbocycles. The summed E-state index contributed by atoms with van der Waals surface area (Å²) in [6, 6.07) is 52.1. The molecule has 6 nitrogen and oxygen atoms in total. The first kappa shape index (κ1) is 30.5. The van der Waals surface area contributed by atoms with Crippen molar-refractivity contribution in [3.05, 3.63) is 186 Å². The molecule has 6 heteroatoms. The monoisotopic (exact) mass is 666 g/mol. The van der Waals surface area contributed by atoms with Crippen molar-refractivity contribution >= 4 is 45.0 Å². The molecular weight excluding hydrogens is 641 g/mol. The minimum Gasteiger partial charge on any atom is -0.308 e. The highest BCUT2D eigenvalue weighted by atomic mass is 16.2. The van der Waals surface area contributed by atoms with Crippen LogP contribution >= 0.6 is 0 Å². The molecular formula is C46H26N4O2. The second kappa shape index (κ2) is 12.1. The van der Waals surface area contributed by atoms with Crippen LogP contribution in [0, 0.1) is 17.9 Å². The Morgan fingerprint density at radius 3 is 1.79 bits per heavy atom. The fourth-order valence-corrected chi connectivity index (χ4v) is 7.55. The van der Waals surface area contributed by atoms with Crippen molar-refractivity contribution in [3.8, 4) is 45.1 Å². The van der Waals surface area contributed by atoms with E-state index in [-0.39, 0.29) is 5.91 Å². The lowest BCUT2D eigenvalue weighted by Gasteiger charge is -2.18. The van der Waals surface area contributed by atoms with E-state index in [1.807, 2.05) is 140 Å². The Bertz CT molecular complexity index is 2760. The average molecular weight is 667 g/mol. The van der Waals surface area contributed by atoms with Crippen molar-refractivity contribution in [2.24, 2.45) is 0 Å². The number of nitrogens with zero attached hydrogens (tertiary/aromatic N) is 4. The van der Waals surface area contributed by atoms with Gasteiger partial charge in [0.25, 0.3) is 11.8 Å². The zero-order chi connectivity index (χ0) is 35.3. The summed E-state index contributed by atoms with van der Waals surface area (Å²) in [6.07, 6.45) is 0. The summed E-state index contributed by atoms with van der Waals surface area (Å²) in [5.41, 5.74) is 9.79. The number of aromatic nitrogens is 1. The molecule has 0 saturated heterocycles. The van der Waals surface area contributed by atoms with Gasteiger partial charge in [-0.3, -0.25) is 9.59 Å². The molecule has 0 saturated carbocycles. The van der Waals surface area contributed by atoms with Gasteiger partial charge in [-0.1, -0.05) is 109 Å². The van der Waals surface area contributed by atoms with Crippen molar-refractivity contribution < 1.29 is 9.59 Å². The number of fused-ring (bicyclic) bond motifs is 4. The molecule has 0 N–H and O–H groups in total. The molecule has 2 amide bonds. The fourth-order valence-electron chi connectivity index (χ4n) is 7.55. The first-order chi connectivity index (χ1) is 25.6. The van der Waals surface area contributed by atoms with Gasteiger partial charge < -0.3 is 4.57 Å². The highest BCUT2D eigenvalue weighted by Gasteiger charge is 2.40. The number of nitriles is 1. The van der Waals surface area contributed by atoms with E-state index in [1.54, 1.807) is 18.2 Å². The first-order valence-corrected chi connectivity index (χ1v) is 16.8. The number of hydrogen-bond donors (Lipinski definition) is 0. The second-order valence-corrected chi connectivity index (χ2v) is 12.6. The summed E-state index contributed by atoms with van der Waals surface area (Å²) in [4.78, 5) is 34.0. The molecule has 0 atom stereocenters. The van der Waals surface area contributed by atoms with Crippen LogP contribution in [0.3, 0.4) is 0 Å². The van der Waals surface area contributed by atoms with Crippen LogP contribution in [0.25, 0.3) is 65.7 Å². The molecule has 1 aliphatic rings. The van der Waals surface area contributed by atoms with Crippen molar-refractivity contribution in [2.45, 2.75) is 0 Å². The van der Waals surface area contributed by atoms with Gasteiger partial charge in [-0.2, -0.15) is 5.26 Å². The molecule has 2 heterocycles. The molecule has 52 heavy (non-hydrogen) atoms. The fraction of sp³-hybridized carbons (Fsp3) is 0. The van der Waals surface area contributed by atoms with Crippen LogP contribution in [0.2, 0.25) is 0 Å². The third-order valence-corrected chi connectivity index (χ3v) is 9.77. The van der Waals surface area contributed by atoms with Crippen molar-refractivity contribution in [2.75, 3.05) is 4.90 Å². The molecule has 0 unspecified atom stereocenters. The standard InChI is InChI=1S/C46H26N4O2/c1-48-33-17-8-16-32(27-33)36-20-10-24-40-43(36)42-35(31-15-7-12-29(26-31)28-47)19-9-23-39(42)49(40)41-25-11-21-37-44(41)46(52)50(45(37)51)38-22-6-5-18-34(38)30-13-3-2-4-14-30/h2-27H. The van der Waals surface area contributed by atoms with E-state index in [0.717, 1.165) is 55.2 Å². The third-order valence-electron chi connectivity index (χ3n) is 9.77. The number of anilines is 1. The summed E-state index contributed by atoms with van der Waals surface area (Å²) in [6.45, 7) is 7.68. The molecule has 0 aliphatic carbocycles. The largest absolute Gasteiger partial charge is 0.308 e. The van der Waals surface area contributed by atoms with Crippen LogP contribution in [0.1, 0.15) is 26.3 Å². The lowest BCUT2D eigenvalue weighted by atomic mass is 9.94. The van der Waals surface area contributed by atoms with Crippen LogP contribution in [0.15, 0.2) is 158 Å². The van der Waals surface area contributed by atoms with Gasteiger partial charge in [-0.05, 0) is 76.3 Å². The summed E-state index contributed by atoms with van der Waals surface area (Å²) in [5, 5.41) is 11.6. The lowest BCUT2D eigenvalue weighted by molar-refractivity contribution is 0.0926. The maximum Gasteiger partial charge on any atom is 0.268 e. The summed E-state index contributed by atoms with van der Waals surface area (Å²) < 4.78 is 2.07. The number of amides is 2. The maximum absolute atomic E-state index is 14.7. The van der Waals surface area contributed by atoms with Gasteiger partial charge in [0.2, 0.25) is 0 Å². The smallest absolute Gasteiger partial charge is 0.268 e. The SMILES string of the molecule is [C-]#[N+]c1cccc(-c2cccc3c2c2c(-c4cccc(C#N)c4)cccc2n3-c2cccc3c2C(=O)N(c2ccccc2-c2ccccc2)C3=O)c1. The highest BCUT2D eigenvalue weighted by Crippen LogP contribution is 2.45. The molecule has 0 fully saturated rings. The predicted molar refractivity (Wildman–Crippen MR) is 206 cm³/mol. The molecule has 0 radical (unpaired) electrons. The number of rotatable bonds is 5.